The van der Waals surface area contributed by atoms with E-state index in [1.165, 1.54) is 31.4 Å². The molecule has 1 aromatic heterocycles. The second-order valence-corrected chi connectivity index (χ2v) is 4.62. The minimum Gasteiger partial charge on any atom is -0.319 e. The number of hydrogen-bond acceptors (Lipinski definition) is 2. The Morgan fingerprint density at radius 3 is 2.92 bits per heavy atom. The molecule has 1 nitrogen and oxygen atoms in total. The van der Waals surface area contributed by atoms with Crippen LogP contribution in [-0.2, 0) is 6.42 Å². The van der Waals surface area contributed by atoms with Crippen LogP contribution in [0.3, 0.4) is 0 Å². The largest absolute Gasteiger partial charge is 0.319 e. The summed E-state index contributed by atoms with van der Waals surface area (Å²) in [7, 11) is 2.05. The van der Waals surface area contributed by atoms with E-state index in [1.807, 2.05) is 7.05 Å². The molecular weight excluding hydrogens is 166 g/mol. The van der Waals surface area contributed by atoms with Gasteiger partial charge in [0.05, 0.1) is 0 Å². The molecule has 1 aliphatic rings. The Bertz CT molecular complexity index is 236. The summed E-state index contributed by atoms with van der Waals surface area (Å²) in [4.78, 5) is 0. The first-order chi connectivity index (χ1) is 5.85. The summed E-state index contributed by atoms with van der Waals surface area (Å²) in [6, 6.07) is 2.25. The van der Waals surface area contributed by atoms with Crippen molar-refractivity contribution in [3.8, 4) is 0 Å². The topological polar surface area (TPSA) is 12.0 Å². The Morgan fingerprint density at radius 1 is 1.58 bits per heavy atom. The summed E-state index contributed by atoms with van der Waals surface area (Å²) in [5.74, 6) is 0. The van der Waals surface area contributed by atoms with Crippen LogP contribution in [-0.4, -0.2) is 13.6 Å². The molecule has 0 unspecified atom stereocenters. The minimum absolute atomic E-state index is 0.621. The van der Waals surface area contributed by atoms with Crippen molar-refractivity contribution >= 4 is 11.3 Å². The van der Waals surface area contributed by atoms with Gasteiger partial charge in [-0.1, -0.05) is 0 Å². The summed E-state index contributed by atoms with van der Waals surface area (Å²) in [5.41, 5.74) is 2.14. The third-order valence-corrected chi connectivity index (χ3v) is 3.40. The molecule has 0 spiro atoms. The van der Waals surface area contributed by atoms with Gasteiger partial charge < -0.3 is 5.32 Å². The monoisotopic (exact) mass is 181 g/mol. The quantitative estimate of drug-likeness (QED) is 0.751. The van der Waals surface area contributed by atoms with Gasteiger partial charge in [-0.05, 0) is 54.1 Å². The first-order valence-electron chi connectivity index (χ1n) is 4.50. The van der Waals surface area contributed by atoms with Crippen molar-refractivity contribution in [2.24, 2.45) is 5.41 Å². The summed E-state index contributed by atoms with van der Waals surface area (Å²) in [6.45, 7) is 1.18. The molecule has 0 radical (unpaired) electrons. The molecule has 2 rings (SSSR count). The Labute approximate surface area is 77.8 Å². The van der Waals surface area contributed by atoms with Crippen LogP contribution in [0.4, 0.5) is 0 Å². The number of hydrogen-bond donors (Lipinski definition) is 1. The second-order valence-electron chi connectivity index (χ2n) is 3.84. The Hall–Kier alpha value is -0.340. The van der Waals surface area contributed by atoms with E-state index in [-0.39, 0.29) is 0 Å². The Morgan fingerprint density at radius 2 is 2.42 bits per heavy atom. The van der Waals surface area contributed by atoms with E-state index in [9.17, 15) is 0 Å². The molecule has 2 heteroatoms. The fraction of sp³-hybridized carbons (Fsp3) is 0.600. The fourth-order valence-electron chi connectivity index (χ4n) is 1.79. The molecule has 1 aliphatic carbocycles. The average Bonchev–Trinajstić information content (AvgIpc) is 2.63. The maximum Gasteiger partial charge on any atom is 0.000800 e. The van der Waals surface area contributed by atoms with Gasteiger partial charge in [0, 0.05) is 6.54 Å². The van der Waals surface area contributed by atoms with Gasteiger partial charge in [0.25, 0.3) is 0 Å². The molecule has 1 aromatic rings. The molecule has 0 amide bonds. The van der Waals surface area contributed by atoms with Crippen LogP contribution in [0.2, 0.25) is 0 Å². The molecule has 66 valence electrons. The smallest absolute Gasteiger partial charge is 0.000800 e. The van der Waals surface area contributed by atoms with Gasteiger partial charge in [-0.15, -0.1) is 0 Å². The lowest BCUT2D eigenvalue weighted by molar-refractivity contribution is 0.479. The number of thiophene rings is 1. The summed E-state index contributed by atoms with van der Waals surface area (Å²) in [6.07, 6.45) is 4.09. The highest BCUT2D eigenvalue weighted by molar-refractivity contribution is 7.07. The molecule has 0 aromatic carbocycles. The van der Waals surface area contributed by atoms with Crippen molar-refractivity contribution in [1.29, 1.82) is 0 Å². The standard InChI is InChI=1S/C10H15NS/c1-11-8-10(3-4-10)6-9-2-5-12-7-9/h2,5,7,11H,3-4,6,8H2,1H3. The van der Waals surface area contributed by atoms with Crippen LogP contribution in [0, 0.1) is 5.41 Å². The lowest BCUT2D eigenvalue weighted by Crippen LogP contribution is -2.21. The Kier molecular flexibility index (Phi) is 2.20. The third-order valence-electron chi connectivity index (χ3n) is 2.67. The van der Waals surface area contributed by atoms with E-state index in [0.717, 1.165) is 0 Å². The zero-order valence-corrected chi connectivity index (χ0v) is 8.29. The normalized spacial score (nSPS) is 19.4. The predicted octanol–water partition coefficient (Wildman–Crippen LogP) is 2.29. The number of rotatable bonds is 4. The van der Waals surface area contributed by atoms with Crippen LogP contribution in [0.15, 0.2) is 16.8 Å². The van der Waals surface area contributed by atoms with Gasteiger partial charge >= 0.3 is 0 Å². The molecule has 0 atom stereocenters. The summed E-state index contributed by atoms with van der Waals surface area (Å²) in [5, 5.41) is 7.73. The summed E-state index contributed by atoms with van der Waals surface area (Å²) >= 11 is 1.81. The van der Waals surface area contributed by atoms with Crippen molar-refractivity contribution in [2.75, 3.05) is 13.6 Å². The predicted molar refractivity (Wildman–Crippen MR) is 53.6 cm³/mol. The van der Waals surface area contributed by atoms with E-state index in [4.69, 9.17) is 0 Å². The van der Waals surface area contributed by atoms with Crippen molar-refractivity contribution in [3.05, 3.63) is 22.4 Å². The van der Waals surface area contributed by atoms with Gasteiger partial charge in [0.1, 0.15) is 0 Å². The average molecular weight is 181 g/mol. The highest BCUT2D eigenvalue weighted by atomic mass is 32.1. The highest BCUT2D eigenvalue weighted by Crippen LogP contribution is 2.47. The first kappa shape index (κ1) is 8.27. The molecule has 0 saturated heterocycles. The van der Waals surface area contributed by atoms with Crippen LogP contribution in [0.1, 0.15) is 18.4 Å². The van der Waals surface area contributed by atoms with E-state index in [0.29, 0.717) is 5.41 Å². The fourth-order valence-corrected chi connectivity index (χ4v) is 2.46. The highest BCUT2D eigenvalue weighted by Gasteiger charge is 2.41. The van der Waals surface area contributed by atoms with Crippen LogP contribution >= 0.6 is 11.3 Å². The first-order valence-corrected chi connectivity index (χ1v) is 5.45. The molecule has 0 aliphatic heterocycles. The van der Waals surface area contributed by atoms with Crippen LogP contribution in [0.5, 0.6) is 0 Å². The van der Waals surface area contributed by atoms with Gasteiger partial charge in [-0.25, -0.2) is 0 Å². The van der Waals surface area contributed by atoms with E-state index >= 15 is 0 Å². The molecule has 1 N–H and O–H groups in total. The zero-order valence-electron chi connectivity index (χ0n) is 7.47. The minimum atomic E-state index is 0.621. The van der Waals surface area contributed by atoms with Crippen molar-refractivity contribution < 1.29 is 0 Å². The molecular formula is C10H15NS. The lowest BCUT2D eigenvalue weighted by atomic mass is 9.99. The second kappa shape index (κ2) is 3.19. The maximum absolute atomic E-state index is 3.29. The lowest BCUT2D eigenvalue weighted by Gasteiger charge is -2.12. The molecule has 1 saturated carbocycles. The van der Waals surface area contributed by atoms with Gasteiger partial charge in [-0.3, -0.25) is 0 Å². The SMILES string of the molecule is CNCC1(Cc2ccsc2)CC1. The Balaban J connectivity index is 1.94. The van der Waals surface area contributed by atoms with Crippen molar-refractivity contribution in [2.45, 2.75) is 19.3 Å². The number of nitrogens with one attached hydrogen (secondary N) is 1. The third kappa shape index (κ3) is 1.70. The maximum atomic E-state index is 3.29. The molecule has 1 fully saturated rings. The van der Waals surface area contributed by atoms with Crippen LogP contribution in [0.25, 0.3) is 0 Å². The molecule has 0 bridgehead atoms. The molecule has 1 heterocycles. The van der Waals surface area contributed by atoms with E-state index in [1.54, 1.807) is 11.3 Å². The van der Waals surface area contributed by atoms with Crippen molar-refractivity contribution in [3.63, 3.8) is 0 Å². The van der Waals surface area contributed by atoms with Gasteiger partial charge in [0.15, 0.2) is 0 Å². The van der Waals surface area contributed by atoms with Crippen LogP contribution < -0.4 is 5.32 Å². The van der Waals surface area contributed by atoms with Gasteiger partial charge in [-0.2, -0.15) is 11.3 Å². The van der Waals surface area contributed by atoms with E-state index in [2.05, 4.69) is 22.1 Å². The summed E-state index contributed by atoms with van der Waals surface area (Å²) < 4.78 is 0. The molecule has 12 heavy (non-hydrogen) atoms. The van der Waals surface area contributed by atoms with Crippen molar-refractivity contribution in [1.82, 2.24) is 5.32 Å². The zero-order chi connectivity index (χ0) is 8.44. The van der Waals surface area contributed by atoms with Gasteiger partial charge in [0.2, 0.25) is 0 Å². The van der Waals surface area contributed by atoms with E-state index < -0.39 is 0 Å².